The molecule has 2 aliphatic rings. The Morgan fingerprint density at radius 1 is 1.22 bits per heavy atom. The topological polar surface area (TPSA) is 108 Å². The lowest BCUT2D eigenvalue weighted by atomic mass is 9.87. The third-order valence-corrected chi connectivity index (χ3v) is 5.46. The second-order valence-corrected chi connectivity index (χ2v) is 8.21. The molecule has 0 aromatic heterocycles. The molecule has 2 bridgehead atoms. The highest BCUT2D eigenvalue weighted by atomic mass is 16.7. The van der Waals surface area contributed by atoms with Crippen molar-refractivity contribution in [2.75, 3.05) is 21.3 Å². The summed E-state index contributed by atoms with van der Waals surface area (Å²) in [5, 5.41) is 10.4. The van der Waals surface area contributed by atoms with Gasteiger partial charge >= 0.3 is 11.9 Å². The molecule has 0 spiro atoms. The van der Waals surface area contributed by atoms with Gasteiger partial charge in [0.05, 0.1) is 20.3 Å². The Kier molecular flexibility index (Phi) is 8.98. The fourth-order valence-corrected chi connectivity index (χ4v) is 3.80. The molecule has 3 atom stereocenters. The van der Waals surface area contributed by atoms with Gasteiger partial charge in [-0.15, -0.1) is 0 Å². The number of esters is 2. The normalized spacial score (nSPS) is 29.4. The van der Waals surface area contributed by atoms with Crippen LogP contribution in [0, 0.1) is 5.92 Å². The highest BCUT2D eigenvalue weighted by Crippen LogP contribution is 2.41. The summed E-state index contributed by atoms with van der Waals surface area (Å²) in [6, 6.07) is 0. The molecule has 0 aromatic rings. The summed E-state index contributed by atoms with van der Waals surface area (Å²) in [6.45, 7) is 3.96. The van der Waals surface area contributed by atoms with Gasteiger partial charge in [-0.2, -0.15) is 0 Å². The molecule has 0 aliphatic carbocycles. The Morgan fingerprint density at radius 3 is 2.50 bits per heavy atom. The Bertz CT molecular complexity index is 859. The van der Waals surface area contributed by atoms with Crippen molar-refractivity contribution in [3.63, 3.8) is 0 Å². The molecule has 2 heterocycles. The Morgan fingerprint density at radius 2 is 1.91 bits per heavy atom. The molecule has 0 radical (unpaired) electrons. The number of Topliss-reactive ketones (excluding diaryl/α,β-unsaturated/α-hetero) is 1. The van der Waals surface area contributed by atoms with E-state index in [-0.39, 0.29) is 47.9 Å². The van der Waals surface area contributed by atoms with Crippen LogP contribution in [0.3, 0.4) is 0 Å². The van der Waals surface area contributed by atoms with Crippen molar-refractivity contribution in [3.8, 4) is 0 Å². The van der Waals surface area contributed by atoms with Crippen LogP contribution < -0.4 is 0 Å². The first-order valence-electron chi connectivity index (χ1n) is 10.5. The van der Waals surface area contributed by atoms with Gasteiger partial charge in [0.1, 0.15) is 17.1 Å². The van der Waals surface area contributed by atoms with Crippen LogP contribution in [0.5, 0.6) is 0 Å². The van der Waals surface area contributed by atoms with Crippen LogP contribution in [0.2, 0.25) is 0 Å². The van der Waals surface area contributed by atoms with Crippen molar-refractivity contribution in [1.29, 1.82) is 0 Å². The van der Waals surface area contributed by atoms with E-state index in [9.17, 15) is 19.5 Å². The smallest absolute Gasteiger partial charge is 0.340 e. The van der Waals surface area contributed by atoms with Crippen LogP contribution in [-0.4, -0.2) is 56.0 Å². The van der Waals surface area contributed by atoms with Gasteiger partial charge in [-0.25, -0.2) is 9.59 Å². The number of aliphatic hydroxyl groups is 1. The molecule has 8 heteroatoms. The summed E-state index contributed by atoms with van der Waals surface area (Å²) in [5.41, 5.74) is 1.52. The van der Waals surface area contributed by atoms with Crippen molar-refractivity contribution >= 4 is 17.7 Å². The van der Waals surface area contributed by atoms with Crippen LogP contribution in [0.15, 0.2) is 46.8 Å². The number of ketones is 1. The largest absolute Gasteiger partial charge is 0.466 e. The number of hydrogen-bond donors (Lipinski definition) is 1. The first-order chi connectivity index (χ1) is 15.1. The van der Waals surface area contributed by atoms with Gasteiger partial charge in [0.15, 0.2) is 0 Å². The average molecular weight is 449 g/mol. The number of rotatable bonds is 5. The average Bonchev–Trinajstić information content (AvgIpc) is 3.10. The fraction of sp³-hybridized carbons (Fsp3) is 0.542. The van der Waals surface area contributed by atoms with Crippen molar-refractivity contribution < 1.29 is 38.4 Å². The van der Waals surface area contributed by atoms with E-state index in [0.29, 0.717) is 12.8 Å². The highest BCUT2D eigenvalue weighted by Gasteiger charge is 2.47. The minimum Gasteiger partial charge on any atom is -0.466 e. The summed E-state index contributed by atoms with van der Waals surface area (Å²) in [4.78, 5) is 37.2. The van der Waals surface area contributed by atoms with Crippen molar-refractivity contribution in [2.45, 2.75) is 57.8 Å². The molecular weight excluding hydrogens is 416 g/mol. The molecule has 1 N–H and O–H groups in total. The quantitative estimate of drug-likeness (QED) is 0.505. The predicted molar refractivity (Wildman–Crippen MR) is 116 cm³/mol. The van der Waals surface area contributed by atoms with E-state index in [0.717, 1.165) is 5.57 Å². The van der Waals surface area contributed by atoms with Gasteiger partial charge in [0, 0.05) is 31.9 Å². The van der Waals surface area contributed by atoms with E-state index >= 15 is 0 Å². The van der Waals surface area contributed by atoms with E-state index in [1.807, 2.05) is 13.8 Å². The highest BCUT2D eigenvalue weighted by molar-refractivity contribution is 5.96. The molecule has 3 unspecified atom stereocenters. The van der Waals surface area contributed by atoms with Gasteiger partial charge in [-0.3, -0.25) is 4.79 Å². The van der Waals surface area contributed by atoms with Gasteiger partial charge in [-0.05, 0) is 44.8 Å². The van der Waals surface area contributed by atoms with Crippen LogP contribution in [0.4, 0.5) is 0 Å². The van der Waals surface area contributed by atoms with Crippen LogP contribution in [-0.2, 0) is 33.3 Å². The molecule has 0 aromatic carbocycles. The van der Waals surface area contributed by atoms with Crippen LogP contribution in [0.25, 0.3) is 0 Å². The number of allylic oxidation sites excluding steroid dienone is 4. The van der Waals surface area contributed by atoms with Gasteiger partial charge in [-0.1, -0.05) is 17.7 Å². The van der Waals surface area contributed by atoms with Gasteiger partial charge in [0.2, 0.25) is 5.79 Å². The van der Waals surface area contributed by atoms with E-state index in [2.05, 4.69) is 6.08 Å². The fourth-order valence-electron chi connectivity index (χ4n) is 3.80. The number of ether oxygens (including phenoxy) is 4. The second kappa shape index (κ2) is 11.2. The van der Waals surface area contributed by atoms with Crippen molar-refractivity contribution in [3.05, 3.63) is 46.8 Å². The predicted octanol–water partition coefficient (Wildman–Crippen LogP) is 2.92. The minimum atomic E-state index is -1.42. The Labute approximate surface area is 188 Å². The molecule has 0 fully saturated rings. The second-order valence-electron chi connectivity index (χ2n) is 8.21. The minimum absolute atomic E-state index is 0.0994. The molecular formula is C24H32O8. The van der Waals surface area contributed by atoms with E-state index < -0.39 is 23.8 Å². The molecule has 0 amide bonds. The lowest BCUT2D eigenvalue weighted by Crippen LogP contribution is -2.39. The maximum Gasteiger partial charge on any atom is 0.340 e. The Balaban J connectivity index is 2.56. The molecule has 176 valence electrons. The number of aliphatic hydroxyl groups excluding tert-OH is 1. The van der Waals surface area contributed by atoms with Gasteiger partial charge in [0.25, 0.3) is 0 Å². The van der Waals surface area contributed by atoms with E-state index in [4.69, 9.17) is 18.9 Å². The molecule has 32 heavy (non-hydrogen) atoms. The molecule has 0 saturated carbocycles. The maximum absolute atomic E-state index is 12.5. The summed E-state index contributed by atoms with van der Waals surface area (Å²) >= 11 is 0. The molecule has 2 rings (SSSR count). The van der Waals surface area contributed by atoms with E-state index in [1.54, 1.807) is 6.08 Å². The van der Waals surface area contributed by atoms with Crippen molar-refractivity contribution in [2.24, 2.45) is 5.92 Å². The third-order valence-electron chi connectivity index (χ3n) is 5.46. The van der Waals surface area contributed by atoms with Crippen LogP contribution >= 0.6 is 0 Å². The summed E-state index contributed by atoms with van der Waals surface area (Å²) in [7, 11) is 3.96. The first kappa shape index (κ1) is 25.5. The summed E-state index contributed by atoms with van der Waals surface area (Å²) in [6.07, 6.45) is 6.38. The van der Waals surface area contributed by atoms with Crippen LogP contribution in [0.1, 0.15) is 46.0 Å². The molecule has 8 nitrogen and oxygen atoms in total. The van der Waals surface area contributed by atoms with Crippen molar-refractivity contribution in [1.82, 2.24) is 0 Å². The molecule has 0 saturated heterocycles. The number of hydrogen-bond acceptors (Lipinski definition) is 8. The zero-order valence-electron chi connectivity index (χ0n) is 19.3. The number of carbonyl (C=O) groups excluding carboxylic acids is 3. The maximum atomic E-state index is 12.5. The summed E-state index contributed by atoms with van der Waals surface area (Å²) in [5.74, 6) is -2.82. The standard InChI is InChI=1S/C24H32O8/c1-15(2)6-7-16-8-9-17(22(27)29-3)10-18(25)11-19(26)12-20-13-21(23(28)30-4)24(14-16,31-5)32-20/h6,9,12-13,16,19,26H,7-8,10-11,14H2,1-5H3/b17-9-,20-12-. The number of carbonyl (C=O) groups is 3. The zero-order chi connectivity index (χ0) is 23.9. The number of fused-ring (bicyclic) bond motifs is 2. The zero-order valence-corrected chi connectivity index (χ0v) is 19.3. The number of methoxy groups -OCH3 is 3. The lowest BCUT2D eigenvalue weighted by Gasteiger charge is -2.32. The summed E-state index contributed by atoms with van der Waals surface area (Å²) < 4.78 is 21.5. The van der Waals surface area contributed by atoms with E-state index in [1.165, 1.54) is 33.5 Å². The third kappa shape index (κ3) is 6.40. The lowest BCUT2D eigenvalue weighted by molar-refractivity contribution is -0.179. The Hall–Kier alpha value is -2.71. The first-order valence-corrected chi connectivity index (χ1v) is 10.5. The van der Waals surface area contributed by atoms with Gasteiger partial charge < -0.3 is 24.1 Å². The monoisotopic (exact) mass is 448 g/mol. The SMILES string of the molecule is COC(=O)C1=C/C2=C/C(O)CC(=O)C/C(C(=O)OC)=C/CC(CC=C(C)C)CC1(OC)O2. The molecule has 2 aliphatic heterocycles.